The van der Waals surface area contributed by atoms with Crippen LogP contribution in [0.3, 0.4) is 0 Å². The summed E-state index contributed by atoms with van der Waals surface area (Å²) in [5.74, 6) is -7.32. The number of primary amides is 1. The van der Waals surface area contributed by atoms with E-state index >= 15 is 0 Å². The highest BCUT2D eigenvalue weighted by Gasteiger charge is 2.32. The van der Waals surface area contributed by atoms with E-state index in [4.69, 9.17) is 21.7 Å². The zero-order valence-corrected chi connectivity index (χ0v) is 16.5. The molecule has 0 aliphatic carbocycles. The van der Waals surface area contributed by atoms with E-state index in [1.54, 1.807) is 13.8 Å². The first-order valence-electron chi connectivity index (χ1n) is 8.80. The van der Waals surface area contributed by atoms with E-state index in [0.29, 0.717) is 0 Å². The molecule has 4 amide bonds. The Bertz CT molecular complexity index is 682. The Balaban J connectivity index is 5.19. The van der Waals surface area contributed by atoms with Crippen molar-refractivity contribution in [1.29, 1.82) is 0 Å². The van der Waals surface area contributed by atoms with Gasteiger partial charge in [0.2, 0.25) is 23.6 Å². The van der Waals surface area contributed by atoms with E-state index in [2.05, 4.69) is 10.6 Å². The largest absolute Gasteiger partial charge is 0.481 e. The zero-order valence-electron chi connectivity index (χ0n) is 16.5. The Morgan fingerprint density at radius 1 is 0.833 bits per heavy atom. The van der Waals surface area contributed by atoms with Gasteiger partial charge in [0.25, 0.3) is 0 Å². The van der Waals surface area contributed by atoms with Gasteiger partial charge in [-0.2, -0.15) is 0 Å². The van der Waals surface area contributed by atoms with Crippen molar-refractivity contribution in [2.45, 2.75) is 50.9 Å². The van der Waals surface area contributed by atoms with Gasteiger partial charge >= 0.3 is 11.9 Å². The van der Waals surface area contributed by atoms with Crippen molar-refractivity contribution in [3.63, 3.8) is 0 Å². The second kappa shape index (κ2) is 12.3. The number of aliphatic carboxylic acids is 2. The maximum absolute atomic E-state index is 12.5. The van der Waals surface area contributed by atoms with Crippen LogP contribution in [-0.4, -0.2) is 81.7 Å². The molecule has 0 saturated carbocycles. The monoisotopic (exact) mass is 433 g/mol. The number of nitrogens with one attached hydrogen (secondary N) is 3. The van der Waals surface area contributed by atoms with Crippen LogP contribution in [0.5, 0.6) is 0 Å². The predicted molar refractivity (Wildman–Crippen MR) is 99.4 cm³/mol. The lowest BCUT2D eigenvalue weighted by Gasteiger charge is -2.26. The fourth-order valence-electron chi connectivity index (χ4n) is 2.21. The first-order valence-corrected chi connectivity index (χ1v) is 8.80. The first-order chi connectivity index (χ1) is 13.8. The summed E-state index contributed by atoms with van der Waals surface area (Å²) in [6.07, 6.45) is -1.38. The predicted octanol–water partition coefficient (Wildman–Crippen LogP) is -4.15. The average Bonchev–Trinajstić information content (AvgIpc) is 2.61. The van der Waals surface area contributed by atoms with Crippen LogP contribution in [0.1, 0.15) is 26.7 Å². The third-order valence-corrected chi connectivity index (χ3v) is 3.81. The van der Waals surface area contributed by atoms with Crippen LogP contribution in [0.25, 0.3) is 0 Å². The molecular formula is C16H27N5O9. The molecule has 0 aromatic heterocycles. The Morgan fingerprint density at radius 3 is 1.77 bits per heavy atom. The van der Waals surface area contributed by atoms with Gasteiger partial charge in [0, 0.05) is 0 Å². The van der Waals surface area contributed by atoms with E-state index < -0.39 is 85.1 Å². The number of carbonyl (C=O) groups is 6. The van der Waals surface area contributed by atoms with Crippen molar-refractivity contribution in [1.82, 2.24) is 16.0 Å². The number of rotatable bonds is 13. The van der Waals surface area contributed by atoms with Crippen molar-refractivity contribution in [2.24, 2.45) is 17.4 Å². The minimum absolute atomic E-state index is 0.458. The minimum atomic E-state index is -1.78. The summed E-state index contributed by atoms with van der Waals surface area (Å²) in [5, 5.41) is 33.4. The van der Waals surface area contributed by atoms with E-state index in [-0.39, 0.29) is 0 Å². The normalized spacial score (nSPS) is 14.7. The van der Waals surface area contributed by atoms with Crippen molar-refractivity contribution >= 4 is 35.6 Å². The van der Waals surface area contributed by atoms with Crippen LogP contribution >= 0.6 is 0 Å². The zero-order chi connectivity index (χ0) is 23.6. The number of hydrogen-bond acceptors (Lipinski definition) is 8. The van der Waals surface area contributed by atoms with E-state index in [1.807, 2.05) is 5.32 Å². The molecule has 14 heteroatoms. The van der Waals surface area contributed by atoms with Crippen LogP contribution in [0.15, 0.2) is 0 Å². The molecule has 4 unspecified atom stereocenters. The number of carboxylic acids is 2. The van der Waals surface area contributed by atoms with E-state index in [1.165, 1.54) is 0 Å². The summed E-state index contributed by atoms with van der Waals surface area (Å²) in [4.78, 5) is 69.3. The Labute approximate surface area is 171 Å². The van der Waals surface area contributed by atoms with Gasteiger partial charge in [-0.05, 0) is 5.92 Å². The lowest BCUT2D eigenvalue weighted by atomic mass is 10.0. The average molecular weight is 433 g/mol. The van der Waals surface area contributed by atoms with Crippen molar-refractivity contribution in [3.05, 3.63) is 0 Å². The molecule has 0 heterocycles. The van der Waals surface area contributed by atoms with Crippen molar-refractivity contribution in [3.8, 4) is 0 Å². The van der Waals surface area contributed by atoms with Crippen LogP contribution < -0.4 is 27.4 Å². The molecule has 0 radical (unpaired) electrons. The molecule has 0 saturated heterocycles. The highest BCUT2D eigenvalue weighted by atomic mass is 16.4. The van der Waals surface area contributed by atoms with Crippen LogP contribution in [0.2, 0.25) is 0 Å². The highest BCUT2D eigenvalue weighted by Crippen LogP contribution is 2.04. The molecule has 30 heavy (non-hydrogen) atoms. The maximum atomic E-state index is 12.5. The molecular weight excluding hydrogens is 406 g/mol. The summed E-state index contributed by atoms with van der Waals surface area (Å²) >= 11 is 0. The van der Waals surface area contributed by atoms with Gasteiger partial charge < -0.3 is 42.7 Å². The van der Waals surface area contributed by atoms with Gasteiger partial charge in [-0.1, -0.05) is 13.8 Å². The third-order valence-electron chi connectivity index (χ3n) is 3.81. The molecule has 0 aromatic rings. The third kappa shape index (κ3) is 9.29. The van der Waals surface area contributed by atoms with Crippen LogP contribution in [0.4, 0.5) is 0 Å². The van der Waals surface area contributed by atoms with Gasteiger partial charge in [-0.15, -0.1) is 0 Å². The lowest BCUT2D eigenvalue weighted by molar-refractivity contribution is -0.147. The van der Waals surface area contributed by atoms with Crippen molar-refractivity contribution in [2.75, 3.05) is 6.61 Å². The summed E-state index contributed by atoms with van der Waals surface area (Å²) in [5.41, 5.74) is 10.5. The molecule has 0 rings (SSSR count). The molecule has 0 aliphatic heterocycles. The second-order valence-electron chi connectivity index (χ2n) is 6.75. The number of carbonyl (C=O) groups excluding carboxylic acids is 4. The summed E-state index contributed by atoms with van der Waals surface area (Å²) in [6.45, 7) is 2.19. The molecule has 14 nitrogen and oxygen atoms in total. The number of aliphatic hydroxyl groups excluding tert-OH is 1. The summed E-state index contributed by atoms with van der Waals surface area (Å²) in [7, 11) is 0. The van der Waals surface area contributed by atoms with Gasteiger partial charge in [-0.25, -0.2) is 4.79 Å². The molecule has 0 spiro atoms. The number of carboxylic acid groups (broad SMARTS) is 2. The summed E-state index contributed by atoms with van der Waals surface area (Å²) < 4.78 is 0. The molecule has 0 aromatic carbocycles. The van der Waals surface area contributed by atoms with E-state index in [9.17, 15) is 33.9 Å². The van der Waals surface area contributed by atoms with Gasteiger partial charge in [-0.3, -0.25) is 24.0 Å². The number of hydrogen-bond donors (Lipinski definition) is 8. The lowest BCUT2D eigenvalue weighted by Crippen LogP contribution is -2.59. The number of amides is 4. The Hall–Kier alpha value is -3.26. The SMILES string of the molecule is CC(C)C(NC(=O)C(N)CC(N)=O)C(=O)NC(CO)C(=O)NC(CC(=O)O)C(=O)O. The maximum Gasteiger partial charge on any atom is 0.326 e. The highest BCUT2D eigenvalue weighted by molar-refractivity contribution is 5.95. The molecule has 170 valence electrons. The molecule has 0 aliphatic rings. The molecule has 0 fully saturated rings. The number of aliphatic hydroxyl groups is 1. The topological polar surface area (TPSA) is 251 Å². The minimum Gasteiger partial charge on any atom is -0.481 e. The fourth-order valence-corrected chi connectivity index (χ4v) is 2.21. The first kappa shape index (κ1) is 26.7. The second-order valence-corrected chi connectivity index (χ2v) is 6.75. The Kier molecular flexibility index (Phi) is 11.0. The van der Waals surface area contributed by atoms with Gasteiger partial charge in [0.05, 0.1) is 25.5 Å². The van der Waals surface area contributed by atoms with Gasteiger partial charge in [0.15, 0.2) is 0 Å². The summed E-state index contributed by atoms with van der Waals surface area (Å²) in [6, 6.07) is -5.92. The standard InChI is InChI=1S/C16H27N5O9/c1-6(2)12(21-13(26)7(17)3-10(18)23)15(28)20-9(5-22)14(27)19-8(16(29)30)4-11(24)25/h6-9,12,22H,3-5,17H2,1-2H3,(H2,18,23)(H,19,27)(H,20,28)(H,21,26)(H,24,25)(H,29,30). The fraction of sp³-hybridized carbons (Fsp3) is 0.625. The van der Waals surface area contributed by atoms with Crippen molar-refractivity contribution < 1.29 is 44.1 Å². The smallest absolute Gasteiger partial charge is 0.326 e. The number of nitrogens with two attached hydrogens (primary N) is 2. The molecule has 10 N–H and O–H groups in total. The van der Waals surface area contributed by atoms with E-state index in [0.717, 1.165) is 0 Å². The van der Waals surface area contributed by atoms with Crippen LogP contribution in [-0.2, 0) is 28.8 Å². The molecule has 0 bridgehead atoms. The van der Waals surface area contributed by atoms with Gasteiger partial charge in [0.1, 0.15) is 18.1 Å². The molecule has 4 atom stereocenters. The quantitative estimate of drug-likeness (QED) is 0.139. The van der Waals surface area contributed by atoms with Crippen LogP contribution in [0, 0.1) is 5.92 Å². The Morgan fingerprint density at radius 2 is 1.37 bits per heavy atom.